The zero-order chi connectivity index (χ0) is 19.1. The molecule has 0 aromatic rings. The van der Waals surface area contributed by atoms with Crippen LogP contribution in [0.4, 0.5) is 0 Å². The van der Waals surface area contributed by atoms with Crippen molar-refractivity contribution in [2.24, 2.45) is 21.3 Å². The second kappa shape index (κ2) is 14.1. The number of amidine groups is 2. The molecule has 0 rings (SSSR count). The molecule has 0 aromatic carbocycles. The van der Waals surface area contributed by atoms with Crippen LogP contribution in [0.2, 0.25) is 0 Å². The molecular weight excluding hydrogens is 316 g/mol. The number of methoxy groups -OCH3 is 2. The van der Waals surface area contributed by atoms with Crippen molar-refractivity contribution in [3.63, 3.8) is 0 Å². The Morgan fingerprint density at radius 2 is 1.48 bits per heavy atom. The van der Waals surface area contributed by atoms with Crippen LogP contribution in [0.5, 0.6) is 0 Å². The van der Waals surface area contributed by atoms with Crippen LogP contribution in [0.1, 0.15) is 47.5 Å². The van der Waals surface area contributed by atoms with Crippen molar-refractivity contribution in [3.05, 3.63) is 0 Å². The molecule has 2 N–H and O–H groups in total. The quantitative estimate of drug-likeness (QED) is 0.302. The highest BCUT2D eigenvalue weighted by atomic mass is 16.5. The van der Waals surface area contributed by atoms with Crippen molar-refractivity contribution in [3.8, 4) is 0 Å². The molecule has 0 aliphatic rings. The smallest absolute Gasteiger partial charge is 0.0932 e. The molecule has 0 saturated heterocycles. The third-order valence-electron chi connectivity index (χ3n) is 4.03. The topological polar surface area (TPSA) is 67.2 Å². The van der Waals surface area contributed by atoms with E-state index >= 15 is 0 Å². The Balaban J connectivity index is 4.03. The Labute approximate surface area is 154 Å². The monoisotopic (exact) mass is 356 g/mol. The first-order valence-electron chi connectivity index (χ1n) is 9.28. The number of aliphatic imine (C=N–C) groups is 2. The number of hydrogen-bond acceptors (Lipinski definition) is 4. The molecule has 0 aliphatic heterocycles. The van der Waals surface area contributed by atoms with Gasteiger partial charge in [-0.05, 0) is 38.0 Å². The summed E-state index contributed by atoms with van der Waals surface area (Å²) >= 11 is 0. The second-order valence-electron chi connectivity index (χ2n) is 7.46. The first-order chi connectivity index (χ1) is 11.8. The molecule has 6 nitrogen and oxygen atoms in total. The van der Waals surface area contributed by atoms with E-state index in [-0.39, 0.29) is 5.41 Å². The first-order valence-corrected chi connectivity index (χ1v) is 9.28. The fourth-order valence-corrected chi connectivity index (χ4v) is 2.71. The van der Waals surface area contributed by atoms with Gasteiger partial charge in [0, 0.05) is 27.3 Å². The van der Waals surface area contributed by atoms with Crippen LogP contribution in [0, 0.1) is 11.3 Å². The Hall–Kier alpha value is -1.14. The molecule has 25 heavy (non-hydrogen) atoms. The highest BCUT2D eigenvalue weighted by Crippen LogP contribution is 2.26. The van der Waals surface area contributed by atoms with Crippen LogP contribution in [0.3, 0.4) is 0 Å². The molecule has 1 unspecified atom stereocenters. The Morgan fingerprint density at radius 3 is 2.00 bits per heavy atom. The van der Waals surface area contributed by atoms with Crippen molar-refractivity contribution < 1.29 is 9.47 Å². The van der Waals surface area contributed by atoms with Gasteiger partial charge in [-0.25, -0.2) is 0 Å². The predicted molar refractivity (Wildman–Crippen MR) is 108 cm³/mol. The molecule has 0 radical (unpaired) electrons. The molecule has 0 fully saturated rings. The van der Waals surface area contributed by atoms with E-state index in [1.54, 1.807) is 14.2 Å². The second-order valence-corrected chi connectivity index (χ2v) is 7.46. The number of hydrogen-bond donors (Lipinski definition) is 2. The summed E-state index contributed by atoms with van der Waals surface area (Å²) < 4.78 is 10.0. The summed E-state index contributed by atoms with van der Waals surface area (Å²) in [6.07, 6.45) is 2.31. The maximum Gasteiger partial charge on any atom is 0.0932 e. The van der Waals surface area contributed by atoms with Crippen LogP contribution < -0.4 is 10.6 Å². The van der Waals surface area contributed by atoms with Gasteiger partial charge in [-0.1, -0.05) is 20.8 Å². The van der Waals surface area contributed by atoms with Crippen molar-refractivity contribution in [2.75, 3.05) is 53.6 Å². The van der Waals surface area contributed by atoms with E-state index in [9.17, 15) is 0 Å². The lowest BCUT2D eigenvalue weighted by molar-refractivity contribution is 0.207. The molecule has 0 aliphatic carbocycles. The van der Waals surface area contributed by atoms with Gasteiger partial charge in [0.1, 0.15) is 0 Å². The maximum absolute atomic E-state index is 5.02. The fourth-order valence-electron chi connectivity index (χ4n) is 2.71. The molecular formula is C19H40N4O2. The van der Waals surface area contributed by atoms with Gasteiger partial charge in [0.2, 0.25) is 0 Å². The molecule has 0 aromatic heterocycles. The molecule has 0 saturated carbocycles. The van der Waals surface area contributed by atoms with Crippen LogP contribution in [0.25, 0.3) is 0 Å². The lowest BCUT2D eigenvalue weighted by Gasteiger charge is -2.29. The zero-order valence-corrected chi connectivity index (χ0v) is 17.4. The minimum absolute atomic E-state index is 0.235. The number of ether oxygens (including phenoxy) is 2. The van der Waals surface area contributed by atoms with Crippen LogP contribution >= 0.6 is 0 Å². The van der Waals surface area contributed by atoms with E-state index in [1.165, 1.54) is 6.42 Å². The van der Waals surface area contributed by atoms with Gasteiger partial charge in [-0.2, -0.15) is 0 Å². The first kappa shape index (κ1) is 23.9. The van der Waals surface area contributed by atoms with Gasteiger partial charge in [-0.3, -0.25) is 9.98 Å². The van der Waals surface area contributed by atoms with Gasteiger partial charge in [0.05, 0.1) is 38.0 Å². The van der Waals surface area contributed by atoms with E-state index < -0.39 is 0 Å². The molecule has 0 heterocycles. The minimum Gasteiger partial charge on any atom is -0.383 e. The largest absolute Gasteiger partial charge is 0.383 e. The minimum atomic E-state index is 0.235. The summed E-state index contributed by atoms with van der Waals surface area (Å²) in [5.41, 5.74) is 0.235. The summed E-state index contributed by atoms with van der Waals surface area (Å²) in [7, 11) is 3.40. The lowest BCUT2D eigenvalue weighted by Crippen LogP contribution is -2.34. The van der Waals surface area contributed by atoms with Gasteiger partial charge >= 0.3 is 0 Å². The van der Waals surface area contributed by atoms with Crippen LogP contribution in [-0.4, -0.2) is 65.3 Å². The lowest BCUT2D eigenvalue weighted by atomic mass is 9.82. The van der Waals surface area contributed by atoms with E-state index in [0.717, 1.165) is 37.7 Å². The van der Waals surface area contributed by atoms with Crippen molar-refractivity contribution in [2.45, 2.75) is 47.5 Å². The normalized spacial score (nSPS) is 14.5. The summed E-state index contributed by atoms with van der Waals surface area (Å²) in [5.74, 6) is 2.64. The van der Waals surface area contributed by atoms with Crippen molar-refractivity contribution >= 4 is 11.7 Å². The predicted octanol–water partition coefficient (Wildman–Crippen LogP) is 2.74. The fraction of sp³-hybridized carbons (Fsp3) is 0.895. The number of nitrogens with one attached hydrogen (secondary N) is 2. The summed E-state index contributed by atoms with van der Waals surface area (Å²) in [5, 5.41) is 6.82. The van der Waals surface area contributed by atoms with E-state index in [0.29, 0.717) is 25.7 Å². The van der Waals surface area contributed by atoms with Crippen LogP contribution in [0.15, 0.2) is 9.98 Å². The van der Waals surface area contributed by atoms with E-state index in [2.05, 4.69) is 41.4 Å². The number of rotatable bonds is 13. The molecule has 0 spiro atoms. The maximum atomic E-state index is 5.02. The van der Waals surface area contributed by atoms with E-state index in [1.807, 2.05) is 13.8 Å². The van der Waals surface area contributed by atoms with Gasteiger partial charge in [0.25, 0.3) is 0 Å². The van der Waals surface area contributed by atoms with Gasteiger partial charge in [0.15, 0.2) is 0 Å². The molecule has 0 bridgehead atoms. The summed E-state index contributed by atoms with van der Waals surface area (Å²) in [6, 6.07) is 0. The Bertz CT molecular complexity index is 395. The highest BCUT2D eigenvalue weighted by molar-refractivity contribution is 5.79. The Kier molecular flexibility index (Phi) is 13.4. The summed E-state index contributed by atoms with van der Waals surface area (Å²) in [6.45, 7) is 15.6. The van der Waals surface area contributed by atoms with E-state index in [4.69, 9.17) is 9.47 Å². The highest BCUT2D eigenvalue weighted by Gasteiger charge is 2.21. The molecule has 1 atom stereocenters. The summed E-state index contributed by atoms with van der Waals surface area (Å²) in [4.78, 5) is 8.86. The third kappa shape index (κ3) is 14.9. The Morgan fingerprint density at radius 1 is 0.960 bits per heavy atom. The molecule has 0 amide bonds. The average Bonchev–Trinajstić information content (AvgIpc) is 2.53. The molecule has 148 valence electrons. The third-order valence-corrected chi connectivity index (χ3v) is 4.03. The van der Waals surface area contributed by atoms with Crippen LogP contribution in [-0.2, 0) is 9.47 Å². The van der Waals surface area contributed by atoms with Gasteiger partial charge in [-0.15, -0.1) is 0 Å². The zero-order valence-electron chi connectivity index (χ0n) is 17.4. The average molecular weight is 357 g/mol. The van der Waals surface area contributed by atoms with Crippen molar-refractivity contribution in [1.29, 1.82) is 0 Å². The molecule has 6 heteroatoms. The number of nitrogens with zero attached hydrogens (tertiary/aromatic N) is 2. The van der Waals surface area contributed by atoms with Crippen molar-refractivity contribution in [1.82, 2.24) is 10.6 Å². The SMILES string of the molecule is COCCN=C(C)NCCC(C)CC(C)(C)CNC(C)=NCCOC. The van der Waals surface area contributed by atoms with Gasteiger partial charge < -0.3 is 20.1 Å². The standard InChI is InChI=1S/C19H40N4O2/c1-16(8-9-20-17(2)21-10-12-24-6)14-19(4,5)15-23-18(3)22-11-13-25-7/h16H,8-15H2,1-7H3,(H,20,21)(H,22,23).